The van der Waals surface area contributed by atoms with Crippen LogP contribution in [0.4, 0.5) is 0 Å². The Labute approximate surface area is 114 Å². The number of carbonyl (C=O) groups excluding carboxylic acids is 1. The van der Waals surface area contributed by atoms with Crippen molar-refractivity contribution in [3.63, 3.8) is 0 Å². The van der Waals surface area contributed by atoms with Crippen LogP contribution < -0.4 is 10.1 Å². The minimum atomic E-state index is 0.0688. The summed E-state index contributed by atoms with van der Waals surface area (Å²) in [6.07, 6.45) is 0.912. The molecule has 1 aliphatic rings. The molecule has 1 atom stereocenters. The first-order valence-corrected chi connectivity index (χ1v) is 6.92. The maximum Gasteiger partial charge on any atom is 0.260 e. The zero-order valence-electron chi connectivity index (χ0n) is 11.7. The van der Waals surface area contributed by atoms with Crippen molar-refractivity contribution < 1.29 is 9.53 Å². The summed E-state index contributed by atoms with van der Waals surface area (Å²) in [6, 6.07) is 8.25. The Morgan fingerprint density at radius 3 is 3.00 bits per heavy atom. The highest BCUT2D eigenvalue weighted by molar-refractivity contribution is 5.78. The second kappa shape index (κ2) is 6.57. The van der Waals surface area contributed by atoms with E-state index in [4.69, 9.17) is 4.74 Å². The molecule has 0 unspecified atom stereocenters. The van der Waals surface area contributed by atoms with Crippen LogP contribution in [0.15, 0.2) is 24.3 Å². The molecule has 104 valence electrons. The smallest absolute Gasteiger partial charge is 0.260 e. The molecule has 0 saturated carbocycles. The third-order valence-electron chi connectivity index (χ3n) is 3.43. The largest absolute Gasteiger partial charge is 0.483 e. The topological polar surface area (TPSA) is 41.6 Å². The standard InChI is InChI=1S/C15H22N2O2/c1-3-13-6-4-5-7-14(13)19-11-15(18)17-9-8-16-12(2)10-17/h4-7,12,16H,3,8-11H2,1-2H3/t12-/m1/s1. The van der Waals surface area contributed by atoms with Crippen LogP contribution >= 0.6 is 0 Å². The van der Waals surface area contributed by atoms with E-state index in [1.807, 2.05) is 29.2 Å². The third kappa shape index (κ3) is 3.70. The van der Waals surface area contributed by atoms with E-state index in [0.717, 1.165) is 37.4 Å². The van der Waals surface area contributed by atoms with Gasteiger partial charge in [-0.1, -0.05) is 25.1 Å². The Morgan fingerprint density at radius 1 is 1.47 bits per heavy atom. The molecule has 2 rings (SSSR count). The molecule has 1 aromatic rings. The Balaban J connectivity index is 1.89. The Morgan fingerprint density at radius 2 is 2.26 bits per heavy atom. The highest BCUT2D eigenvalue weighted by Crippen LogP contribution is 2.18. The van der Waals surface area contributed by atoms with E-state index in [0.29, 0.717) is 6.04 Å². The minimum absolute atomic E-state index is 0.0688. The number of amides is 1. The summed E-state index contributed by atoms with van der Waals surface area (Å²) in [7, 11) is 0. The maximum atomic E-state index is 12.1. The van der Waals surface area contributed by atoms with Crippen molar-refractivity contribution in [3.05, 3.63) is 29.8 Å². The van der Waals surface area contributed by atoms with Crippen LogP contribution in [0.5, 0.6) is 5.75 Å². The van der Waals surface area contributed by atoms with E-state index in [2.05, 4.69) is 19.2 Å². The lowest BCUT2D eigenvalue weighted by atomic mass is 10.1. The number of rotatable bonds is 4. The van der Waals surface area contributed by atoms with Gasteiger partial charge in [-0.3, -0.25) is 4.79 Å². The fraction of sp³-hybridized carbons (Fsp3) is 0.533. The molecule has 0 aliphatic carbocycles. The number of nitrogens with zero attached hydrogens (tertiary/aromatic N) is 1. The van der Waals surface area contributed by atoms with Gasteiger partial charge in [-0.25, -0.2) is 0 Å². The van der Waals surface area contributed by atoms with Crippen LogP contribution in [0.25, 0.3) is 0 Å². The molecule has 0 bridgehead atoms. The van der Waals surface area contributed by atoms with Gasteiger partial charge < -0.3 is 15.0 Å². The molecule has 0 radical (unpaired) electrons. The van der Waals surface area contributed by atoms with Gasteiger partial charge >= 0.3 is 0 Å². The molecular formula is C15H22N2O2. The lowest BCUT2D eigenvalue weighted by Gasteiger charge is -2.31. The molecule has 1 saturated heterocycles. The summed E-state index contributed by atoms with van der Waals surface area (Å²) in [4.78, 5) is 14.0. The zero-order valence-corrected chi connectivity index (χ0v) is 11.7. The molecule has 4 nitrogen and oxygen atoms in total. The number of benzene rings is 1. The van der Waals surface area contributed by atoms with Crippen LogP contribution in [0, 0.1) is 0 Å². The Bertz CT molecular complexity index is 434. The van der Waals surface area contributed by atoms with Gasteiger partial charge in [0.05, 0.1) is 0 Å². The second-order valence-electron chi connectivity index (χ2n) is 4.94. The highest BCUT2D eigenvalue weighted by Gasteiger charge is 2.20. The summed E-state index contributed by atoms with van der Waals surface area (Å²) in [5.41, 5.74) is 1.14. The molecule has 1 N–H and O–H groups in total. The number of carbonyl (C=O) groups is 1. The first kappa shape index (κ1) is 13.9. The summed E-state index contributed by atoms with van der Waals surface area (Å²) in [5.74, 6) is 0.890. The van der Waals surface area contributed by atoms with Crippen LogP contribution in [0.2, 0.25) is 0 Å². The van der Waals surface area contributed by atoms with Gasteiger partial charge in [0.1, 0.15) is 5.75 Å². The SMILES string of the molecule is CCc1ccccc1OCC(=O)N1CCN[C@H](C)C1. The van der Waals surface area contributed by atoms with Crippen molar-refractivity contribution in [2.45, 2.75) is 26.3 Å². The molecule has 0 aromatic heterocycles. The summed E-state index contributed by atoms with van der Waals surface area (Å²) in [6.45, 7) is 6.69. The predicted molar refractivity (Wildman–Crippen MR) is 75.4 cm³/mol. The van der Waals surface area contributed by atoms with Crippen molar-refractivity contribution in [1.29, 1.82) is 0 Å². The van der Waals surface area contributed by atoms with Gasteiger partial charge in [0.2, 0.25) is 0 Å². The average molecular weight is 262 g/mol. The van der Waals surface area contributed by atoms with Crippen molar-refractivity contribution >= 4 is 5.91 Å². The van der Waals surface area contributed by atoms with Crippen LogP contribution in [-0.2, 0) is 11.2 Å². The van der Waals surface area contributed by atoms with E-state index in [-0.39, 0.29) is 12.5 Å². The lowest BCUT2D eigenvalue weighted by Crippen LogP contribution is -2.52. The quantitative estimate of drug-likeness (QED) is 0.893. The van der Waals surface area contributed by atoms with Crippen molar-refractivity contribution in [2.24, 2.45) is 0 Å². The fourth-order valence-corrected chi connectivity index (χ4v) is 2.33. The zero-order chi connectivity index (χ0) is 13.7. The van der Waals surface area contributed by atoms with Crippen LogP contribution in [-0.4, -0.2) is 43.1 Å². The monoisotopic (exact) mass is 262 g/mol. The average Bonchev–Trinajstić information content (AvgIpc) is 2.45. The number of nitrogens with one attached hydrogen (secondary N) is 1. The summed E-state index contributed by atoms with van der Waals surface area (Å²) >= 11 is 0. The van der Waals surface area contributed by atoms with Gasteiger partial charge in [-0.15, -0.1) is 0 Å². The second-order valence-corrected chi connectivity index (χ2v) is 4.94. The van der Waals surface area contributed by atoms with Crippen molar-refractivity contribution in [2.75, 3.05) is 26.2 Å². The Kier molecular flexibility index (Phi) is 4.80. The van der Waals surface area contributed by atoms with E-state index < -0.39 is 0 Å². The van der Waals surface area contributed by atoms with E-state index >= 15 is 0 Å². The normalized spacial score (nSPS) is 19.3. The molecular weight excluding hydrogens is 240 g/mol. The summed E-state index contributed by atoms with van der Waals surface area (Å²) < 4.78 is 5.67. The first-order chi connectivity index (χ1) is 9.20. The number of ether oxygens (including phenoxy) is 1. The minimum Gasteiger partial charge on any atom is -0.483 e. The Hall–Kier alpha value is -1.55. The molecule has 1 heterocycles. The highest BCUT2D eigenvalue weighted by atomic mass is 16.5. The lowest BCUT2D eigenvalue weighted by molar-refractivity contribution is -0.134. The predicted octanol–water partition coefficient (Wildman–Crippen LogP) is 1.45. The molecule has 1 aromatic carbocycles. The van der Waals surface area contributed by atoms with Gasteiger partial charge in [0.25, 0.3) is 5.91 Å². The number of piperazine rings is 1. The van der Waals surface area contributed by atoms with Gasteiger partial charge in [0, 0.05) is 25.7 Å². The number of hydrogen-bond acceptors (Lipinski definition) is 3. The van der Waals surface area contributed by atoms with Gasteiger partial charge in [-0.05, 0) is 25.0 Å². The van der Waals surface area contributed by atoms with Crippen LogP contribution in [0.1, 0.15) is 19.4 Å². The van der Waals surface area contributed by atoms with Gasteiger partial charge in [-0.2, -0.15) is 0 Å². The van der Waals surface area contributed by atoms with Crippen LogP contribution in [0.3, 0.4) is 0 Å². The van der Waals surface area contributed by atoms with Gasteiger partial charge in [0.15, 0.2) is 6.61 Å². The van der Waals surface area contributed by atoms with Crippen molar-refractivity contribution in [3.8, 4) is 5.75 Å². The third-order valence-corrected chi connectivity index (χ3v) is 3.43. The molecule has 1 fully saturated rings. The molecule has 0 spiro atoms. The maximum absolute atomic E-state index is 12.1. The number of hydrogen-bond donors (Lipinski definition) is 1. The number of aryl methyl sites for hydroxylation is 1. The fourth-order valence-electron chi connectivity index (χ4n) is 2.33. The van der Waals surface area contributed by atoms with E-state index in [9.17, 15) is 4.79 Å². The first-order valence-electron chi connectivity index (χ1n) is 6.92. The molecule has 1 aliphatic heterocycles. The van der Waals surface area contributed by atoms with E-state index in [1.165, 1.54) is 0 Å². The summed E-state index contributed by atoms with van der Waals surface area (Å²) in [5, 5.41) is 3.32. The number of para-hydroxylation sites is 1. The van der Waals surface area contributed by atoms with E-state index in [1.54, 1.807) is 0 Å². The molecule has 1 amide bonds. The van der Waals surface area contributed by atoms with Crippen molar-refractivity contribution in [1.82, 2.24) is 10.2 Å². The molecule has 19 heavy (non-hydrogen) atoms. The molecule has 4 heteroatoms.